The third-order valence-electron chi connectivity index (χ3n) is 3.25. The summed E-state index contributed by atoms with van der Waals surface area (Å²) in [6, 6.07) is 7.08. The Kier molecular flexibility index (Phi) is 5.30. The van der Waals surface area contributed by atoms with Gasteiger partial charge in [-0.2, -0.15) is 0 Å². The molecule has 1 aliphatic heterocycles. The number of anilines is 2. The molecule has 1 fully saturated rings. The first-order valence-electron chi connectivity index (χ1n) is 7.13. The van der Waals surface area contributed by atoms with Crippen molar-refractivity contribution in [3.8, 4) is 0 Å². The van der Waals surface area contributed by atoms with Crippen molar-refractivity contribution in [1.29, 1.82) is 0 Å². The zero-order chi connectivity index (χ0) is 15.2. The Morgan fingerprint density at radius 1 is 1.29 bits per heavy atom. The van der Waals surface area contributed by atoms with E-state index < -0.39 is 0 Å². The van der Waals surface area contributed by atoms with Gasteiger partial charge in [0, 0.05) is 11.4 Å². The summed E-state index contributed by atoms with van der Waals surface area (Å²) in [6.07, 6.45) is 1.89. The van der Waals surface area contributed by atoms with Crippen LogP contribution in [0.15, 0.2) is 24.3 Å². The molecule has 1 saturated heterocycles. The number of amides is 2. The first-order valence-corrected chi connectivity index (χ1v) is 7.13. The van der Waals surface area contributed by atoms with Crippen molar-refractivity contribution < 1.29 is 9.59 Å². The summed E-state index contributed by atoms with van der Waals surface area (Å²) >= 11 is 0. The van der Waals surface area contributed by atoms with Gasteiger partial charge in [-0.25, -0.2) is 0 Å². The number of rotatable bonds is 5. The molecule has 1 aliphatic rings. The van der Waals surface area contributed by atoms with E-state index >= 15 is 0 Å². The zero-order valence-corrected chi connectivity index (χ0v) is 12.5. The lowest BCUT2D eigenvalue weighted by Crippen LogP contribution is -2.35. The fraction of sp³-hybridized carbons (Fsp3) is 0.467. The van der Waals surface area contributed by atoms with Gasteiger partial charge in [0.1, 0.15) is 0 Å². The topological polar surface area (TPSA) is 73.5 Å². The van der Waals surface area contributed by atoms with Crippen molar-refractivity contribution in [3.05, 3.63) is 24.3 Å². The van der Waals surface area contributed by atoms with Gasteiger partial charge in [0.25, 0.3) is 0 Å². The molecule has 0 spiro atoms. The molecule has 1 heterocycles. The summed E-state index contributed by atoms with van der Waals surface area (Å²) in [5.41, 5.74) is 1.37. The number of likely N-dealkylation sites (N-methyl/N-ethyl adjacent to an activating group) is 1. The number of hydrogen-bond donors (Lipinski definition) is 3. The number of benzene rings is 1. The van der Waals surface area contributed by atoms with Gasteiger partial charge in [-0.1, -0.05) is 6.07 Å². The summed E-state index contributed by atoms with van der Waals surface area (Å²) in [5.74, 6) is -0.106. The molecular weight excluding hydrogens is 268 g/mol. The molecule has 0 aliphatic carbocycles. The highest BCUT2D eigenvalue weighted by molar-refractivity contribution is 5.97. The SMILES string of the molecule is CN(C)CC(=O)Nc1cccc(NC(=O)C2CCCN2)c1. The molecule has 6 nitrogen and oxygen atoms in total. The van der Waals surface area contributed by atoms with E-state index in [4.69, 9.17) is 0 Å². The molecule has 1 aromatic rings. The number of nitrogens with one attached hydrogen (secondary N) is 3. The Balaban J connectivity index is 1.94. The zero-order valence-electron chi connectivity index (χ0n) is 12.5. The van der Waals surface area contributed by atoms with Crippen LogP contribution in [0.5, 0.6) is 0 Å². The molecule has 1 atom stereocenters. The average Bonchev–Trinajstić information content (AvgIpc) is 2.91. The number of carbonyl (C=O) groups is 2. The third-order valence-corrected chi connectivity index (χ3v) is 3.25. The van der Waals surface area contributed by atoms with Gasteiger partial charge in [0.15, 0.2) is 0 Å². The molecule has 2 rings (SSSR count). The highest BCUT2D eigenvalue weighted by Crippen LogP contribution is 2.16. The summed E-state index contributed by atoms with van der Waals surface area (Å²) in [7, 11) is 3.68. The molecule has 114 valence electrons. The maximum absolute atomic E-state index is 12.0. The smallest absolute Gasteiger partial charge is 0.241 e. The van der Waals surface area contributed by atoms with Crippen molar-refractivity contribution in [2.75, 3.05) is 37.8 Å². The summed E-state index contributed by atoms with van der Waals surface area (Å²) in [6.45, 7) is 1.21. The van der Waals surface area contributed by atoms with E-state index in [1.165, 1.54) is 0 Å². The van der Waals surface area contributed by atoms with Gasteiger partial charge in [-0.3, -0.25) is 9.59 Å². The van der Waals surface area contributed by atoms with Crippen molar-refractivity contribution in [3.63, 3.8) is 0 Å². The van der Waals surface area contributed by atoms with Gasteiger partial charge < -0.3 is 20.9 Å². The molecule has 3 N–H and O–H groups in total. The van der Waals surface area contributed by atoms with Crippen LogP contribution in [0, 0.1) is 0 Å². The van der Waals surface area contributed by atoms with Gasteiger partial charge in [0.2, 0.25) is 11.8 Å². The monoisotopic (exact) mass is 290 g/mol. The van der Waals surface area contributed by atoms with Gasteiger partial charge in [-0.15, -0.1) is 0 Å². The molecule has 0 aromatic heterocycles. The van der Waals surface area contributed by atoms with Crippen LogP contribution in [0.4, 0.5) is 11.4 Å². The lowest BCUT2D eigenvalue weighted by molar-refractivity contribution is -0.118. The predicted molar refractivity (Wildman–Crippen MR) is 83.3 cm³/mol. The van der Waals surface area contributed by atoms with Crippen LogP contribution >= 0.6 is 0 Å². The predicted octanol–water partition coefficient (Wildman–Crippen LogP) is 0.877. The fourth-order valence-corrected chi connectivity index (χ4v) is 2.30. The standard InChI is InChI=1S/C15H22N4O2/c1-19(2)10-14(20)17-11-5-3-6-12(9-11)18-15(21)13-7-4-8-16-13/h3,5-6,9,13,16H,4,7-8,10H2,1-2H3,(H,17,20)(H,18,21). The molecular formula is C15H22N4O2. The lowest BCUT2D eigenvalue weighted by Gasteiger charge is -2.13. The molecule has 21 heavy (non-hydrogen) atoms. The minimum Gasteiger partial charge on any atom is -0.325 e. The van der Waals surface area contributed by atoms with E-state index in [-0.39, 0.29) is 17.9 Å². The van der Waals surface area contributed by atoms with E-state index in [2.05, 4.69) is 16.0 Å². The average molecular weight is 290 g/mol. The third kappa shape index (κ3) is 4.84. The van der Waals surface area contributed by atoms with Gasteiger partial charge in [-0.05, 0) is 51.7 Å². The van der Waals surface area contributed by atoms with Crippen LogP contribution in [-0.2, 0) is 9.59 Å². The van der Waals surface area contributed by atoms with E-state index in [9.17, 15) is 9.59 Å². The second-order valence-electron chi connectivity index (χ2n) is 5.50. The molecule has 1 unspecified atom stereocenters. The number of hydrogen-bond acceptors (Lipinski definition) is 4. The minimum absolute atomic E-state index is 0.0238. The Morgan fingerprint density at radius 3 is 2.62 bits per heavy atom. The number of nitrogens with zero attached hydrogens (tertiary/aromatic N) is 1. The van der Waals surface area contributed by atoms with E-state index in [1.807, 2.05) is 26.2 Å². The van der Waals surface area contributed by atoms with Crippen LogP contribution in [0.1, 0.15) is 12.8 Å². The minimum atomic E-state index is -0.114. The van der Waals surface area contributed by atoms with Crippen molar-refractivity contribution in [2.45, 2.75) is 18.9 Å². The van der Waals surface area contributed by atoms with E-state index in [1.54, 1.807) is 17.0 Å². The highest BCUT2D eigenvalue weighted by atomic mass is 16.2. The molecule has 0 radical (unpaired) electrons. The number of carbonyl (C=O) groups excluding carboxylic acids is 2. The Bertz CT molecular complexity index is 510. The quantitative estimate of drug-likeness (QED) is 0.752. The van der Waals surface area contributed by atoms with Crippen LogP contribution in [-0.4, -0.2) is 49.9 Å². The normalized spacial score (nSPS) is 17.8. The highest BCUT2D eigenvalue weighted by Gasteiger charge is 2.21. The fourth-order valence-electron chi connectivity index (χ4n) is 2.30. The van der Waals surface area contributed by atoms with Crippen molar-refractivity contribution in [2.24, 2.45) is 0 Å². The Hall–Kier alpha value is -1.92. The maximum atomic E-state index is 12.0. The van der Waals surface area contributed by atoms with Crippen LogP contribution in [0.2, 0.25) is 0 Å². The van der Waals surface area contributed by atoms with Gasteiger partial charge in [0.05, 0.1) is 12.6 Å². The van der Waals surface area contributed by atoms with Crippen LogP contribution in [0.3, 0.4) is 0 Å². The largest absolute Gasteiger partial charge is 0.325 e. The Morgan fingerprint density at radius 2 is 2.00 bits per heavy atom. The molecule has 6 heteroatoms. The first kappa shape index (κ1) is 15.5. The summed E-state index contributed by atoms with van der Waals surface area (Å²) < 4.78 is 0. The molecule has 2 amide bonds. The molecule has 1 aromatic carbocycles. The van der Waals surface area contributed by atoms with Crippen molar-refractivity contribution >= 4 is 23.2 Å². The lowest BCUT2D eigenvalue weighted by atomic mass is 10.2. The van der Waals surface area contributed by atoms with Crippen molar-refractivity contribution in [1.82, 2.24) is 10.2 Å². The van der Waals surface area contributed by atoms with Crippen LogP contribution in [0.25, 0.3) is 0 Å². The van der Waals surface area contributed by atoms with E-state index in [0.717, 1.165) is 19.4 Å². The van der Waals surface area contributed by atoms with Gasteiger partial charge >= 0.3 is 0 Å². The summed E-state index contributed by atoms with van der Waals surface area (Å²) in [5, 5.41) is 8.84. The summed E-state index contributed by atoms with van der Waals surface area (Å²) in [4.78, 5) is 25.5. The second kappa shape index (κ2) is 7.19. The second-order valence-corrected chi connectivity index (χ2v) is 5.50. The van der Waals surface area contributed by atoms with Crippen LogP contribution < -0.4 is 16.0 Å². The first-order chi connectivity index (χ1) is 10.0. The molecule has 0 bridgehead atoms. The Labute approximate surface area is 124 Å². The molecule has 0 saturated carbocycles. The maximum Gasteiger partial charge on any atom is 0.241 e. The van der Waals surface area contributed by atoms with E-state index in [0.29, 0.717) is 17.9 Å².